The second-order valence-corrected chi connectivity index (χ2v) is 6.27. The van der Waals surface area contributed by atoms with Crippen LogP contribution in [-0.2, 0) is 4.79 Å². The molecule has 2 aromatic rings. The van der Waals surface area contributed by atoms with Crippen LogP contribution in [0.15, 0.2) is 35.9 Å². The topological polar surface area (TPSA) is 96.0 Å². The minimum Gasteiger partial charge on any atom is -0.321 e. The van der Waals surface area contributed by atoms with Gasteiger partial charge in [-0.15, -0.1) is 0 Å². The lowest BCUT2D eigenvalue weighted by Crippen LogP contribution is -2.15. The Morgan fingerprint density at radius 3 is 2.38 bits per heavy atom. The second kappa shape index (κ2) is 7.81. The Labute approximate surface area is 155 Å². The van der Waals surface area contributed by atoms with E-state index in [-0.39, 0.29) is 16.3 Å². The average molecular weight is 370 g/mol. The number of nitro groups is 1. The van der Waals surface area contributed by atoms with Gasteiger partial charge in [-0.2, -0.15) is 5.26 Å². The fourth-order valence-corrected chi connectivity index (χ4v) is 2.82. The predicted molar refractivity (Wildman–Crippen MR) is 101 cm³/mol. The highest BCUT2D eigenvalue weighted by molar-refractivity contribution is 6.32. The standard InChI is InChI=1S/C19H16ClN3O3/c1-11-6-12(2)18(13(3)7-11)22-19(24)15(10-21)8-14-4-5-16(20)17(9-14)23(25)26/h4-9H,1-3H3,(H,22,24)/b15-8+. The summed E-state index contributed by atoms with van der Waals surface area (Å²) in [5.74, 6) is -0.583. The number of nitriles is 1. The first-order valence-electron chi connectivity index (χ1n) is 7.68. The number of nitrogens with one attached hydrogen (secondary N) is 1. The third-order valence-corrected chi connectivity index (χ3v) is 4.08. The van der Waals surface area contributed by atoms with Gasteiger partial charge in [0.15, 0.2) is 0 Å². The number of rotatable bonds is 4. The molecule has 0 spiro atoms. The minimum absolute atomic E-state index is 0.0129. The van der Waals surface area contributed by atoms with Gasteiger partial charge in [0.2, 0.25) is 0 Å². The molecule has 0 fully saturated rings. The van der Waals surface area contributed by atoms with Crippen LogP contribution in [0, 0.1) is 42.2 Å². The average Bonchev–Trinajstić information content (AvgIpc) is 2.56. The number of aryl methyl sites for hydroxylation is 3. The number of hydrogen-bond donors (Lipinski definition) is 1. The van der Waals surface area contributed by atoms with E-state index in [1.165, 1.54) is 24.3 Å². The summed E-state index contributed by atoms with van der Waals surface area (Å²) in [6.07, 6.45) is 1.29. The van der Waals surface area contributed by atoms with Gasteiger partial charge >= 0.3 is 0 Å². The van der Waals surface area contributed by atoms with Crippen molar-refractivity contribution < 1.29 is 9.72 Å². The normalized spacial score (nSPS) is 11.0. The van der Waals surface area contributed by atoms with Gasteiger partial charge in [-0.05, 0) is 49.6 Å². The van der Waals surface area contributed by atoms with Crippen LogP contribution in [0.5, 0.6) is 0 Å². The largest absolute Gasteiger partial charge is 0.321 e. The zero-order chi connectivity index (χ0) is 19.4. The molecule has 0 bridgehead atoms. The van der Waals surface area contributed by atoms with E-state index >= 15 is 0 Å². The highest BCUT2D eigenvalue weighted by Gasteiger charge is 2.15. The molecular formula is C19H16ClN3O3. The number of nitrogens with zero attached hydrogens (tertiary/aromatic N) is 2. The molecule has 0 aromatic heterocycles. The number of benzene rings is 2. The maximum absolute atomic E-state index is 12.5. The summed E-state index contributed by atoms with van der Waals surface area (Å²) in [6, 6.07) is 9.77. The Kier molecular flexibility index (Phi) is 5.75. The molecule has 0 atom stereocenters. The van der Waals surface area contributed by atoms with E-state index in [1.54, 1.807) is 0 Å². The highest BCUT2D eigenvalue weighted by Crippen LogP contribution is 2.27. The molecule has 1 N–H and O–H groups in total. The van der Waals surface area contributed by atoms with Crippen LogP contribution in [0.1, 0.15) is 22.3 Å². The van der Waals surface area contributed by atoms with Crippen molar-refractivity contribution in [3.8, 4) is 6.07 Å². The lowest BCUT2D eigenvalue weighted by atomic mass is 10.0. The molecule has 2 rings (SSSR count). The van der Waals surface area contributed by atoms with E-state index in [0.717, 1.165) is 16.7 Å². The van der Waals surface area contributed by atoms with Crippen LogP contribution < -0.4 is 5.32 Å². The van der Waals surface area contributed by atoms with Gasteiger partial charge in [0, 0.05) is 11.8 Å². The summed E-state index contributed by atoms with van der Waals surface area (Å²) >= 11 is 5.77. The summed E-state index contributed by atoms with van der Waals surface area (Å²) in [4.78, 5) is 22.8. The lowest BCUT2D eigenvalue weighted by molar-refractivity contribution is -0.384. The van der Waals surface area contributed by atoms with E-state index < -0.39 is 10.8 Å². The van der Waals surface area contributed by atoms with Gasteiger partial charge in [-0.3, -0.25) is 14.9 Å². The number of carbonyl (C=O) groups excluding carboxylic acids is 1. The molecule has 0 unspecified atom stereocenters. The first-order valence-corrected chi connectivity index (χ1v) is 8.05. The van der Waals surface area contributed by atoms with Gasteiger partial charge in [0.05, 0.1) is 4.92 Å². The Hall–Kier alpha value is -3.17. The molecule has 7 heteroatoms. The summed E-state index contributed by atoms with van der Waals surface area (Å²) in [5, 5.41) is 23.0. The molecule has 2 aromatic carbocycles. The van der Waals surface area contributed by atoms with Crippen LogP contribution in [0.4, 0.5) is 11.4 Å². The van der Waals surface area contributed by atoms with E-state index in [9.17, 15) is 20.2 Å². The first-order chi connectivity index (χ1) is 12.2. The summed E-state index contributed by atoms with van der Waals surface area (Å²) in [5.41, 5.74) is 3.37. The smallest absolute Gasteiger partial charge is 0.288 e. The Bertz CT molecular complexity index is 951. The monoisotopic (exact) mass is 369 g/mol. The molecule has 6 nitrogen and oxygen atoms in total. The molecule has 26 heavy (non-hydrogen) atoms. The number of halogens is 1. The number of hydrogen-bond acceptors (Lipinski definition) is 4. The summed E-state index contributed by atoms with van der Waals surface area (Å²) in [7, 11) is 0. The molecular weight excluding hydrogens is 354 g/mol. The Morgan fingerprint density at radius 1 is 1.23 bits per heavy atom. The first kappa shape index (κ1) is 19.2. The van der Waals surface area contributed by atoms with Crippen molar-refractivity contribution >= 4 is 35.0 Å². The van der Waals surface area contributed by atoms with Gasteiger partial charge < -0.3 is 5.32 Å². The third-order valence-electron chi connectivity index (χ3n) is 3.76. The third kappa shape index (κ3) is 4.26. The zero-order valence-electron chi connectivity index (χ0n) is 14.5. The molecule has 1 amide bonds. The summed E-state index contributed by atoms with van der Waals surface area (Å²) < 4.78 is 0. The molecule has 0 heterocycles. The van der Waals surface area contributed by atoms with Crippen molar-refractivity contribution in [3.63, 3.8) is 0 Å². The van der Waals surface area contributed by atoms with E-state index in [1.807, 2.05) is 39.0 Å². The Morgan fingerprint density at radius 2 is 1.85 bits per heavy atom. The maximum Gasteiger partial charge on any atom is 0.288 e. The van der Waals surface area contributed by atoms with E-state index in [2.05, 4.69) is 5.32 Å². The maximum atomic E-state index is 12.5. The van der Waals surface area contributed by atoms with E-state index in [4.69, 9.17) is 11.6 Å². The fourth-order valence-electron chi connectivity index (χ4n) is 2.63. The van der Waals surface area contributed by atoms with Crippen molar-refractivity contribution in [3.05, 3.63) is 73.3 Å². The second-order valence-electron chi connectivity index (χ2n) is 5.87. The molecule has 0 aliphatic carbocycles. The molecule has 0 aliphatic rings. The molecule has 0 saturated carbocycles. The highest BCUT2D eigenvalue weighted by atomic mass is 35.5. The van der Waals surface area contributed by atoms with Gasteiger partial charge in [0.25, 0.3) is 11.6 Å². The van der Waals surface area contributed by atoms with Crippen molar-refractivity contribution in [2.75, 3.05) is 5.32 Å². The fraction of sp³-hybridized carbons (Fsp3) is 0.158. The zero-order valence-corrected chi connectivity index (χ0v) is 15.2. The van der Waals surface area contributed by atoms with E-state index in [0.29, 0.717) is 11.3 Å². The lowest BCUT2D eigenvalue weighted by Gasteiger charge is -2.12. The molecule has 132 valence electrons. The van der Waals surface area contributed by atoms with Gasteiger partial charge in [-0.1, -0.05) is 35.4 Å². The Balaban J connectivity index is 2.36. The van der Waals surface area contributed by atoms with Crippen LogP contribution in [0.25, 0.3) is 6.08 Å². The van der Waals surface area contributed by atoms with Crippen molar-refractivity contribution in [2.24, 2.45) is 0 Å². The number of nitro benzene ring substituents is 1. The van der Waals surface area contributed by atoms with Crippen LogP contribution in [-0.4, -0.2) is 10.8 Å². The van der Waals surface area contributed by atoms with Gasteiger partial charge in [-0.25, -0.2) is 0 Å². The van der Waals surface area contributed by atoms with Crippen LogP contribution >= 0.6 is 11.6 Å². The number of amides is 1. The van der Waals surface area contributed by atoms with Crippen LogP contribution in [0.3, 0.4) is 0 Å². The molecule has 0 aliphatic heterocycles. The number of anilines is 1. The summed E-state index contributed by atoms with van der Waals surface area (Å²) in [6.45, 7) is 5.70. The van der Waals surface area contributed by atoms with Crippen molar-refractivity contribution in [2.45, 2.75) is 20.8 Å². The predicted octanol–water partition coefficient (Wildman–Crippen LogP) is 4.72. The van der Waals surface area contributed by atoms with Crippen molar-refractivity contribution in [1.29, 1.82) is 5.26 Å². The number of carbonyl (C=O) groups is 1. The minimum atomic E-state index is -0.620. The quantitative estimate of drug-likeness (QED) is 0.365. The SMILES string of the molecule is Cc1cc(C)c(NC(=O)/C(C#N)=C/c2ccc(Cl)c([N+](=O)[O-])c2)c(C)c1. The van der Waals surface area contributed by atoms with Crippen molar-refractivity contribution in [1.82, 2.24) is 0 Å². The van der Waals surface area contributed by atoms with Gasteiger partial charge in [0.1, 0.15) is 16.7 Å². The van der Waals surface area contributed by atoms with Crippen LogP contribution in [0.2, 0.25) is 5.02 Å². The molecule has 0 radical (unpaired) electrons. The molecule has 0 saturated heterocycles.